The second kappa shape index (κ2) is 21.2. The van der Waals surface area contributed by atoms with Crippen molar-refractivity contribution in [1.29, 1.82) is 0 Å². The molecule has 0 fully saturated rings. The third-order valence-electron chi connectivity index (χ3n) is 7.38. The maximum Gasteiger partial charge on any atom is 0.172 e. The number of benzene rings is 3. The molecule has 0 bridgehead atoms. The minimum Gasteiger partial charge on any atom is -0.550 e. The highest BCUT2D eigenvalue weighted by Crippen LogP contribution is 2.38. The Morgan fingerprint density at radius 1 is 0.585 bits per heavy atom. The molecule has 224 valence electrons. The minimum atomic E-state index is -1.08. The van der Waals surface area contributed by atoms with Crippen LogP contribution < -0.4 is 5.11 Å². The zero-order valence-electron chi connectivity index (χ0n) is 26.3. The Morgan fingerprint density at radius 3 is 1.32 bits per heavy atom. The van der Waals surface area contributed by atoms with E-state index in [1.54, 1.807) is 21.6 Å². The number of rotatable bonds is 18. The summed E-state index contributed by atoms with van der Waals surface area (Å²) in [6.07, 6.45) is 19.6. The summed E-state index contributed by atoms with van der Waals surface area (Å²) < 4.78 is 0. The van der Waals surface area contributed by atoms with Crippen LogP contribution in [0.15, 0.2) is 87.5 Å². The van der Waals surface area contributed by atoms with E-state index in [9.17, 15) is 0 Å². The molecule has 2 nitrogen and oxygen atoms in total. The van der Waals surface area contributed by atoms with Gasteiger partial charge in [0.2, 0.25) is 0 Å². The van der Waals surface area contributed by atoms with Crippen LogP contribution in [0.1, 0.15) is 121 Å². The zero-order chi connectivity index (χ0) is 29.7. The highest BCUT2D eigenvalue weighted by atomic mass is 32.2. The molecular formula is C38H54O2S. The number of hydrogen-bond acceptors (Lipinski definition) is 2. The average molecular weight is 575 g/mol. The first-order valence-corrected chi connectivity index (χ1v) is 17.4. The largest absolute Gasteiger partial charge is 0.550 e. The lowest BCUT2D eigenvalue weighted by Gasteiger charge is -2.18. The van der Waals surface area contributed by atoms with E-state index in [1.807, 2.05) is 0 Å². The highest BCUT2D eigenvalue weighted by Gasteiger charge is 2.33. The van der Waals surface area contributed by atoms with Crippen molar-refractivity contribution < 1.29 is 9.90 Å². The van der Waals surface area contributed by atoms with Gasteiger partial charge in [0.05, 0.1) is 10.9 Å². The lowest BCUT2D eigenvalue weighted by Crippen LogP contribution is -2.16. The molecule has 0 radical (unpaired) electrons. The van der Waals surface area contributed by atoms with Gasteiger partial charge in [-0.1, -0.05) is 127 Å². The van der Waals surface area contributed by atoms with Crippen LogP contribution in [0.3, 0.4) is 0 Å². The number of carboxylic acids is 1. The van der Waals surface area contributed by atoms with Crippen molar-refractivity contribution in [3.05, 3.63) is 89.5 Å². The molecule has 3 rings (SSSR count). The molecule has 0 unspecified atom stereocenters. The third-order valence-corrected chi connectivity index (χ3v) is 9.80. The van der Waals surface area contributed by atoms with Crippen molar-refractivity contribution in [2.24, 2.45) is 0 Å². The molecule has 0 amide bonds. The minimum absolute atomic E-state index is 0.0692. The topological polar surface area (TPSA) is 40.1 Å². The molecule has 3 aromatic rings. The molecule has 0 spiro atoms. The van der Waals surface area contributed by atoms with Gasteiger partial charge in [-0.05, 0) is 75.3 Å². The number of carbonyl (C=O) groups excluding carboxylic acids is 1. The molecule has 0 heterocycles. The molecule has 0 aromatic heterocycles. The van der Waals surface area contributed by atoms with Gasteiger partial charge in [-0.2, -0.15) is 0 Å². The van der Waals surface area contributed by atoms with E-state index in [2.05, 4.69) is 93.6 Å². The zero-order valence-corrected chi connectivity index (χ0v) is 27.1. The van der Waals surface area contributed by atoms with Gasteiger partial charge in [0.25, 0.3) is 0 Å². The first-order chi connectivity index (χ1) is 20.0. The predicted octanol–water partition coefficient (Wildman–Crippen LogP) is 9.91. The second-order valence-electron chi connectivity index (χ2n) is 11.1. The summed E-state index contributed by atoms with van der Waals surface area (Å²) in [4.78, 5) is 13.4. The highest BCUT2D eigenvalue weighted by molar-refractivity contribution is 7.97. The number of carboxylic acid groups (broad SMARTS) is 1. The van der Waals surface area contributed by atoms with Crippen LogP contribution in [0.5, 0.6) is 0 Å². The Bertz CT molecular complexity index is 1020. The fourth-order valence-electron chi connectivity index (χ4n) is 5.33. The lowest BCUT2D eigenvalue weighted by molar-refractivity contribution is -0.302. The van der Waals surface area contributed by atoms with E-state index in [4.69, 9.17) is 9.90 Å². The van der Waals surface area contributed by atoms with Gasteiger partial charge in [-0.15, -0.1) is 0 Å². The summed E-state index contributed by atoms with van der Waals surface area (Å²) in [6, 6.07) is 27.9. The van der Waals surface area contributed by atoms with Crippen molar-refractivity contribution in [1.82, 2.24) is 0 Å². The van der Waals surface area contributed by atoms with Gasteiger partial charge in [0.1, 0.15) is 0 Å². The fourth-order valence-corrected chi connectivity index (χ4v) is 7.78. The first kappa shape index (κ1) is 34.7. The molecule has 3 aromatic carbocycles. The van der Waals surface area contributed by atoms with Crippen LogP contribution in [-0.2, 0) is 35.0 Å². The Balaban J connectivity index is 0.00000138. The van der Waals surface area contributed by atoms with Gasteiger partial charge in [-0.3, -0.25) is 0 Å². The summed E-state index contributed by atoms with van der Waals surface area (Å²) in [7, 11) is -0.0692. The van der Waals surface area contributed by atoms with E-state index in [0.717, 1.165) is 6.92 Å². The summed E-state index contributed by atoms with van der Waals surface area (Å²) in [5.74, 6) is -1.08. The van der Waals surface area contributed by atoms with Gasteiger partial charge in [-0.25, -0.2) is 0 Å². The van der Waals surface area contributed by atoms with E-state index in [-0.39, 0.29) is 10.9 Å². The number of unbranched alkanes of at least 4 members (excludes halogenated alkanes) is 9. The maximum absolute atomic E-state index is 8.89. The smallest absolute Gasteiger partial charge is 0.172 e. The van der Waals surface area contributed by atoms with Crippen LogP contribution in [0, 0.1) is 0 Å². The Hall–Kier alpha value is -2.52. The Kier molecular flexibility index (Phi) is 18.0. The molecule has 0 aliphatic rings. The van der Waals surface area contributed by atoms with Crippen molar-refractivity contribution >= 4 is 16.9 Å². The van der Waals surface area contributed by atoms with Crippen molar-refractivity contribution in [3.63, 3.8) is 0 Å². The molecule has 41 heavy (non-hydrogen) atoms. The number of hydrogen-bond donors (Lipinski definition) is 0. The summed E-state index contributed by atoms with van der Waals surface area (Å²) in [5.41, 5.74) is 4.84. The Labute approximate surface area is 254 Å². The lowest BCUT2D eigenvalue weighted by atomic mass is 9.95. The monoisotopic (exact) mass is 574 g/mol. The van der Waals surface area contributed by atoms with Crippen molar-refractivity contribution in [2.45, 2.75) is 139 Å². The van der Waals surface area contributed by atoms with Crippen LogP contribution in [0.4, 0.5) is 0 Å². The SMILES string of the molecule is CC(=O)[O-].CCCCCCc1cc(CCCCCC)c([S+](c2ccccc2)c2ccccc2)c(CCCCCC)c1. The molecule has 0 atom stereocenters. The van der Waals surface area contributed by atoms with Crippen LogP contribution >= 0.6 is 0 Å². The molecule has 3 heteroatoms. The molecular weight excluding hydrogens is 520 g/mol. The molecule has 0 saturated carbocycles. The van der Waals surface area contributed by atoms with Crippen molar-refractivity contribution in [2.75, 3.05) is 0 Å². The van der Waals surface area contributed by atoms with E-state index in [1.165, 1.54) is 106 Å². The number of aliphatic carboxylic acids is 1. The van der Waals surface area contributed by atoms with Crippen LogP contribution in [0.2, 0.25) is 0 Å². The summed E-state index contributed by atoms with van der Waals surface area (Å²) in [6.45, 7) is 7.92. The van der Waals surface area contributed by atoms with E-state index >= 15 is 0 Å². The van der Waals surface area contributed by atoms with Gasteiger partial charge in [0.15, 0.2) is 14.7 Å². The third kappa shape index (κ3) is 13.3. The molecule has 0 aliphatic carbocycles. The standard InChI is InChI=1S/C36H51S.C2H4O2/c1-4-7-10-15-22-31-29-32(23-16-11-8-5-2)36(33(30-31)24-17-12-9-6-3)37(34-25-18-13-19-26-34)35-27-20-14-21-28-35;1-2(3)4/h13-14,18-21,25-30H,4-12,15-17,22-24H2,1-3H3;1H3,(H,3,4)/q+1;/p-1. The number of aryl methyl sites for hydroxylation is 3. The summed E-state index contributed by atoms with van der Waals surface area (Å²) >= 11 is 0. The van der Waals surface area contributed by atoms with Crippen molar-refractivity contribution in [3.8, 4) is 0 Å². The molecule has 0 saturated heterocycles. The molecule has 0 aliphatic heterocycles. The predicted molar refractivity (Wildman–Crippen MR) is 176 cm³/mol. The molecule has 0 N–H and O–H groups in total. The van der Waals surface area contributed by atoms with Gasteiger partial charge in [0, 0.05) is 17.1 Å². The van der Waals surface area contributed by atoms with Crippen LogP contribution in [0.25, 0.3) is 0 Å². The Morgan fingerprint density at radius 2 is 0.951 bits per heavy atom. The number of carbonyl (C=O) groups is 1. The normalized spacial score (nSPS) is 10.9. The maximum atomic E-state index is 8.89. The fraction of sp³-hybridized carbons (Fsp3) is 0.500. The quantitative estimate of drug-likeness (QED) is 0.112. The van der Waals surface area contributed by atoms with Gasteiger partial charge < -0.3 is 9.90 Å². The van der Waals surface area contributed by atoms with E-state index < -0.39 is 5.97 Å². The first-order valence-electron chi connectivity index (χ1n) is 16.2. The average Bonchev–Trinajstić information content (AvgIpc) is 2.98. The van der Waals surface area contributed by atoms with Crippen LogP contribution in [-0.4, -0.2) is 5.97 Å². The summed E-state index contributed by atoms with van der Waals surface area (Å²) in [5, 5.41) is 8.89. The second-order valence-corrected chi connectivity index (χ2v) is 13.1. The van der Waals surface area contributed by atoms with Gasteiger partial charge >= 0.3 is 0 Å². The van der Waals surface area contributed by atoms with E-state index in [0.29, 0.717) is 0 Å².